The van der Waals surface area contributed by atoms with Crippen LogP contribution in [0.1, 0.15) is 13.8 Å². The molecule has 0 saturated heterocycles. The highest BCUT2D eigenvalue weighted by Crippen LogP contribution is 2.19. The van der Waals surface area contributed by atoms with Crippen molar-refractivity contribution < 1.29 is 13.2 Å². The number of nitrogens with two attached hydrogens (primary N) is 1. The van der Waals surface area contributed by atoms with E-state index in [9.17, 15) is 8.42 Å². The summed E-state index contributed by atoms with van der Waals surface area (Å²) in [5.74, 6) is 0.491. The predicted molar refractivity (Wildman–Crippen MR) is 84.2 cm³/mol. The quantitative estimate of drug-likeness (QED) is 0.742. The first-order valence-electron chi connectivity index (χ1n) is 5.99. The van der Waals surface area contributed by atoms with Gasteiger partial charge in [0, 0.05) is 19.2 Å². The van der Waals surface area contributed by atoms with Gasteiger partial charge in [-0.25, -0.2) is 0 Å². The lowest BCUT2D eigenvalue weighted by atomic mass is 10.3. The lowest BCUT2D eigenvalue weighted by Gasteiger charge is -2.21. The normalized spacial score (nSPS) is 11.7. The van der Waals surface area contributed by atoms with Gasteiger partial charge in [-0.15, -0.1) is 0 Å². The average molecular weight is 317 g/mol. The number of hydrogen-bond acceptors (Lipinski definition) is 4. The van der Waals surface area contributed by atoms with E-state index in [1.807, 2.05) is 0 Å². The SMILES string of the molecule is CC(C)N(C)S(=O)(=O)Nc1cccc(OCC(N)=S)c1. The van der Waals surface area contributed by atoms with Crippen LogP contribution >= 0.6 is 12.2 Å². The van der Waals surface area contributed by atoms with Crippen LogP contribution in [0.25, 0.3) is 0 Å². The van der Waals surface area contributed by atoms with Crippen LogP contribution < -0.4 is 15.2 Å². The molecule has 0 radical (unpaired) electrons. The Balaban J connectivity index is 2.83. The Kier molecular flexibility index (Phi) is 5.73. The van der Waals surface area contributed by atoms with Crippen molar-refractivity contribution >= 4 is 33.1 Å². The fraction of sp³-hybridized carbons (Fsp3) is 0.417. The van der Waals surface area contributed by atoms with Crippen LogP contribution in [0, 0.1) is 0 Å². The van der Waals surface area contributed by atoms with Crippen LogP contribution in [0.4, 0.5) is 5.69 Å². The smallest absolute Gasteiger partial charge is 0.301 e. The van der Waals surface area contributed by atoms with Gasteiger partial charge in [-0.3, -0.25) is 4.72 Å². The summed E-state index contributed by atoms with van der Waals surface area (Å²) >= 11 is 4.71. The molecule has 20 heavy (non-hydrogen) atoms. The summed E-state index contributed by atoms with van der Waals surface area (Å²) < 4.78 is 33.1. The topological polar surface area (TPSA) is 84.7 Å². The zero-order valence-electron chi connectivity index (χ0n) is 11.7. The van der Waals surface area contributed by atoms with Crippen molar-refractivity contribution in [3.63, 3.8) is 0 Å². The molecule has 0 bridgehead atoms. The van der Waals surface area contributed by atoms with Crippen molar-refractivity contribution in [2.75, 3.05) is 18.4 Å². The maximum absolute atomic E-state index is 12.1. The number of ether oxygens (including phenoxy) is 1. The van der Waals surface area contributed by atoms with Crippen LogP contribution in [0.15, 0.2) is 24.3 Å². The van der Waals surface area contributed by atoms with E-state index in [0.717, 1.165) is 0 Å². The lowest BCUT2D eigenvalue weighted by molar-refractivity contribution is 0.378. The molecule has 3 N–H and O–H groups in total. The maximum Gasteiger partial charge on any atom is 0.301 e. The van der Waals surface area contributed by atoms with Crippen molar-refractivity contribution in [1.29, 1.82) is 0 Å². The molecule has 1 rings (SSSR count). The molecule has 0 spiro atoms. The van der Waals surface area contributed by atoms with Gasteiger partial charge >= 0.3 is 10.2 Å². The number of nitrogens with zero attached hydrogens (tertiary/aromatic N) is 1. The molecular weight excluding hydrogens is 298 g/mol. The van der Waals surface area contributed by atoms with Gasteiger partial charge in [0.2, 0.25) is 0 Å². The molecule has 112 valence electrons. The molecule has 8 heteroatoms. The van der Waals surface area contributed by atoms with E-state index in [2.05, 4.69) is 4.72 Å². The number of nitrogens with one attached hydrogen (secondary N) is 1. The highest BCUT2D eigenvalue weighted by Gasteiger charge is 2.20. The molecule has 0 heterocycles. The van der Waals surface area contributed by atoms with E-state index in [-0.39, 0.29) is 17.6 Å². The number of benzene rings is 1. The third-order valence-electron chi connectivity index (χ3n) is 2.57. The van der Waals surface area contributed by atoms with E-state index < -0.39 is 10.2 Å². The van der Waals surface area contributed by atoms with Crippen molar-refractivity contribution in [3.05, 3.63) is 24.3 Å². The summed E-state index contributed by atoms with van der Waals surface area (Å²) in [5.41, 5.74) is 5.76. The highest BCUT2D eigenvalue weighted by molar-refractivity contribution is 7.90. The zero-order chi connectivity index (χ0) is 15.3. The Morgan fingerprint density at radius 2 is 2.15 bits per heavy atom. The Morgan fingerprint density at radius 1 is 1.50 bits per heavy atom. The minimum Gasteiger partial charge on any atom is -0.486 e. The summed E-state index contributed by atoms with van der Waals surface area (Å²) in [6, 6.07) is 6.45. The van der Waals surface area contributed by atoms with Gasteiger partial charge in [0.15, 0.2) is 0 Å². The Labute approximate surface area is 125 Å². The van der Waals surface area contributed by atoms with E-state index >= 15 is 0 Å². The van der Waals surface area contributed by atoms with E-state index in [0.29, 0.717) is 11.4 Å². The van der Waals surface area contributed by atoms with Gasteiger partial charge in [-0.05, 0) is 26.0 Å². The second-order valence-corrected chi connectivity index (χ2v) is 6.75. The molecule has 0 aliphatic carbocycles. The molecule has 0 aromatic heterocycles. The van der Waals surface area contributed by atoms with E-state index in [1.165, 1.54) is 11.4 Å². The number of anilines is 1. The molecule has 0 unspecified atom stereocenters. The van der Waals surface area contributed by atoms with Gasteiger partial charge in [-0.1, -0.05) is 18.3 Å². The first kappa shape index (κ1) is 16.7. The molecule has 0 atom stereocenters. The first-order chi connectivity index (χ1) is 9.22. The number of hydrogen-bond donors (Lipinski definition) is 2. The van der Waals surface area contributed by atoms with Crippen LogP contribution in [-0.4, -0.2) is 37.4 Å². The fourth-order valence-electron chi connectivity index (χ4n) is 1.30. The summed E-state index contributed by atoms with van der Waals surface area (Å²) in [5, 5.41) is 0. The van der Waals surface area contributed by atoms with Gasteiger partial charge in [0.05, 0.1) is 5.69 Å². The van der Waals surface area contributed by atoms with Crippen LogP contribution in [0.3, 0.4) is 0 Å². The molecule has 0 fully saturated rings. The lowest BCUT2D eigenvalue weighted by Crippen LogP contribution is -2.37. The van der Waals surface area contributed by atoms with Crippen LogP contribution in [0.2, 0.25) is 0 Å². The summed E-state index contributed by atoms with van der Waals surface area (Å²) in [4.78, 5) is 0.232. The summed E-state index contributed by atoms with van der Waals surface area (Å²) in [6.07, 6.45) is 0. The third-order valence-corrected chi connectivity index (χ3v) is 4.36. The predicted octanol–water partition coefficient (Wildman–Crippen LogP) is 1.35. The van der Waals surface area contributed by atoms with Crippen LogP contribution in [-0.2, 0) is 10.2 Å². The number of rotatable bonds is 7. The average Bonchev–Trinajstić information content (AvgIpc) is 2.35. The Morgan fingerprint density at radius 3 is 2.70 bits per heavy atom. The first-order valence-corrected chi connectivity index (χ1v) is 7.84. The highest BCUT2D eigenvalue weighted by atomic mass is 32.2. The van der Waals surface area contributed by atoms with Crippen molar-refractivity contribution in [2.45, 2.75) is 19.9 Å². The molecule has 0 saturated carbocycles. The minimum atomic E-state index is -3.58. The zero-order valence-corrected chi connectivity index (χ0v) is 13.3. The Hall–Kier alpha value is -1.38. The monoisotopic (exact) mass is 317 g/mol. The maximum atomic E-state index is 12.1. The second-order valence-electron chi connectivity index (χ2n) is 4.50. The summed E-state index contributed by atoms with van der Waals surface area (Å²) in [7, 11) is -2.07. The van der Waals surface area contributed by atoms with Crippen molar-refractivity contribution in [1.82, 2.24) is 4.31 Å². The van der Waals surface area contributed by atoms with Gasteiger partial charge < -0.3 is 10.5 Å². The third kappa shape index (κ3) is 4.95. The van der Waals surface area contributed by atoms with Gasteiger partial charge in [-0.2, -0.15) is 12.7 Å². The molecule has 1 aromatic carbocycles. The largest absolute Gasteiger partial charge is 0.486 e. The molecule has 0 amide bonds. The molecule has 6 nitrogen and oxygen atoms in total. The minimum absolute atomic E-state index is 0.109. The second kappa shape index (κ2) is 6.87. The summed E-state index contributed by atoms with van der Waals surface area (Å²) in [6.45, 7) is 3.69. The molecule has 0 aliphatic heterocycles. The number of thiocarbonyl (C=S) groups is 1. The van der Waals surface area contributed by atoms with Crippen molar-refractivity contribution in [2.24, 2.45) is 5.73 Å². The van der Waals surface area contributed by atoms with E-state index in [4.69, 9.17) is 22.7 Å². The van der Waals surface area contributed by atoms with Gasteiger partial charge in [0.25, 0.3) is 0 Å². The fourth-order valence-corrected chi connectivity index (χ4v) is 2.49. The van der Waals surface area contributed by atoms with Crippen molar-refractivity contribution in [3.8, 4) is 5.75 Å². The standard InChI is InChI=1S/C12H19N3O3S2/c1-9(2)15(3)20(16,17)14-10-5-4-6-11(7-10)18-8-12(13)19/h4-7,9,14H,8H2,1-3H3,(H2,13,19). The molecule has 1 aromatic rings. The van der Waals surface area contributed by atoms with Gasteiger partial charge in [0.1, 0.15) is 17.3 Å². The molecular formula is C12H19N3O3S2. The molecule has 0 aliphatic rings. The van der Waals surface area contributed by atoms with E-state index in [1.54, 1.807) is 38.1 Å². The Bertz CT molecular complexity index is 573. The van der Waals surface area contributed by atoms with Crippen LogP contribution in [0.5, 0.6) is 5.75 Å².